The van der Waals surface area contributed by atoms with Crippen LogP contribution in [0.3, 0.4) is 0 Å². The summed E-state index contributed by atoms with van der Waals surface area (Å²) in [6, 6.07) is 0.922. The lowest BCUT2D eigenvalue weighted by Crippen LogP contribution is -2.41. The number of ether oxygens (including phenoxy) is 1. The number of esters is 1. The van der Waals surface area contributed by atoms with E-state index in [4.69, 9.17) is 13.6 Å². The molecule has 2 unspecified atom stereocenters. The fourth-order valence-corrected chi connectivity index (χ4v) is 4.08. The van der Waals surface area contributed by atoms with Gasteiger partial charge in [-0.05, 0) is 19.5 Å². The van der Waals surface area contributed by atoms with Gasteiger partial charge in [-0.25, -0.2) is 4.79 Å². The van der Waals surface area contributed by atoms with Crippen LogP contribution < -0.4 is 0 Å². The molecule has 118 valence electrons. The van der Waals surface area contributed by atoms with Crippen molar-refractivity contribution in [2.24, 2.45) is 0 Å². The monoisotopic (exact) mass is 302 g/mol. The minimum Gasteiger partial charge on any atom is -0.434 e. The molecular formula is C15H30O4Si. The molecule has 0 rings (SSSR count). The third kappa shape index (κ3) is 9.28. The summed E-state index contributed by atoms with van der Waals surface area (Å²) in [5.74, 6) is -0.468. The summed E-state index contributed by atoms with van der Waals surface area (Å²) in [5.41, 5.74) is 0. The van der Waals surface area contributed by atoms with Gasteiger partial charge >= 0.3 is 14.5 Å². The summed E-state index contributed by atoms with van der Waals surface area (Å²) in [6.45, 7) is 9.31. The Balaban J connectivity index is 3.99. The molecule has 0 aromatic carbocycles. The van der Waals surface area contributed by atoms with Crippen LogP contribution in [0, 0.1) is 0 Å². The lowest BCUT2D eigenvalue weighted by atomic mass is 10.1. The SMILES string of the molecule is C=CC(=O)OC(C)O[Si](C)(CCCCCCCC)OC. The Morgan fingerprint density at radius 2 is 1.85 bits per heavy atom. The normalized spacial score (nSPS) is 15.4. The first-order valence-corrected chi connectivity index (χ1v) is 10.1. The van der Waals surface area contributed by atoms with E-state index in [1.165, 1.54) is 32.1 Å². The van der Waals surface area contributed by atoms with E-state index in [-0.39, 0.29) is 0 Å². The molecule has 2 atom stereocenters. The van der Waals surface area contributed by atoms with Crippen molar-refractivity contribution in [1.82, 2.24) is 0 Å². The van der Waals surface area contributed by atoms with Crippen LogP contribution in [-0.2, 0) is 18.4 Å². The van der Waals surface area contributed by atoms with Gasteiger partial charge < -0.3 is 13.6 Å². The molecule has 0 aliphatic heterocycles. The average Bonchev–Trinajstić information content (AvgIpc) is 2.42. The molecule has 4 nitrogen and oxygen atoms in total. The van der Waals surface area contributed by atoms with Crippen molar-refractivity contribution in [3.63, 3.8) is 0 Å². The molecule has 5 heteroatoms. The number of carbonyl (C=O) groups excluding carboxylic acids is 1. The third-order valence-corrected chi connectivity index (χ3v) is 6.24. The topological polar surface area (TPSA) is 44.8 Å². The molecule has 0 fully saturated rings. The minimum absolute atomic E-state index is 0.468. The van der Waals surface area contributed by atoms with Gasteiger partial charge in [-0.15, -0.1) is 0 Å². The van der Waals surface area contributed by atoms with Crippen LogP contribution in [0.5, 0.6) is 0 Å². The first-order chi connectivity index (χ1) is 9.47. The van der Waals surface area contributed by atoms with E-state index in [2.05, 4.69) is 13.5 Å². The second-order valence-corrected chi connectivity index (χ2v) is 8.59. The van der Waals surface area contributed by atoms with Crippen molar-refractivity contribution < 1.29 is 18.4 Å². The quantitative estimate of drug-likeness (QED) is 0.178. The second kappa shape index (κ2) is 11.1. The van der Waals surface area contributed by atoms with Gasteiger partial charge in [0.05, 0.1) is 0 Å². The number of rotatable bonds is 12. The highest BCUT2D eigenvalue weighted by Crippen LogP contribution is 2.20. The van der Waals surface area contributed by atoms with Crippen LogP contribution in [-0.4, -0.2) is 27.9 Å². The summed E-state index contributed by atoms with van der Waals surface area (Å²) in [6.07, 6.45) is 8.00. The van der Waals surface area contributed by atoms with Crippen molar-refractivity contribution >= 4 is 14.5 Å². The lowest BCUT2D eigenvalue weighted by molar-refractivity contribution is -0.157. The summed E-state index contributed by atoms with van der Waals surface area (Å²) in [5, 5.41) is 0. The fraction of sp³-hybridized carbons (Fsp3) is 0.800. The Kier molecular flexibility index (Phi) is 10.7. The molecule has 0 heterocycles. The molecule has 0 bridgehead atoms. The van der Waals surface area contributed by atoms with Crippen molar-refractivity contribution in [1.29, 1.82) is 0 Å². The Morgan fingerprint density at radius 1 is 1.25 bits per heavy atom. The van der Waals surface area contributed by atoms with Gasteiger partial charge in [-0.1, -0.05) is 52.0 Å². The van der Waals surface area contributed by atoms with Gasteiger partial charge in [0.1, 0.15) is 0 Å². The Bertz CT molecular complexity index is 283. The van der Waals surface area contributed by atoms with Crippen LogP contribution in [0.25, 0.3) is 0 Å². The fourth-order valence-electron chi connectivity index (χ4n) is 2.02. The zero-order chi connectivity index (χ0) is 15.4. The number of carbonyl (C=O) groups is 1. The molecule has 0 saturated carbocycles. The minimum atomic E-state index is -2.25. The second-order valence-electron chi connectivity index (χ2n) is 5.18. The van der Waals surface area contributed by atoms with Gasteiger partial charge in [0.15, 0.2) is 6.29 Å². The first kappa shape index (κ1) is 19.3. The predicted octanol–water partition coefficient (Wildman–Crippen LogP) is 4.16. The Morgan fingerprint density at radius 3 is 2.40 bits per heavy atom. The standard InChI is InChI=1S/C15H30O4Si/c1-6-8-9-10-11-12-13-20(5,17-4)19-14(3)18-15(16)7-2/h7,14H,2,6,8-13H2,1,3-5H3. The van der Waals surface area contributed by atoms with Gasteiger partial charge in [-0.3, -0.25) is 0 Å². The highest BCUT2D eigenvalue weighted by molar-refractivity contribution is 6.66. The zero-order valence-corrected chi connectivity index (χ0v) is 14.4. The van der Waals surface area contributed by atoms with Crippen LogP contribution in [0.15, 0.2) is 12.7 Å². The summed E-state index contributed by atoms with van der Waals surface area (Å²) in [4.78, 5) is 11.1. The largest absolute Gasteiger partial charge is 0.434 e. The van der Waals surface area contributed by atoms with Gasteiger partial charge in [-0.2, -0.15) is 0 Å². The van der Waals surface area contributed by atoms with E-state index in [1.54, 1.807) is 14.0 Å². The number of hydrogen-bond donors (Lipinski definition) is 0. The molecule has 0 saturated heterocycles. The molecule has 0 N–H and O–H groups in total. The van der Waals surface area contributed by atoms with Crippen molar-refractivity contribution in [2.45, 2.75) is 71.3 Å². The third-order valence-electron chi connectivity index (χ3n) is 3.28. The van der Waals surface area contributed by atoms with Gasteiger partial charge in [0.25, 0.3) is 0 Å². The molecule has 0 radical (unpaired) electrons. The highest BCUT2D eigenvalue weighted by atomic mass is 28.4. The van der Waals surface area contributed by atoms with Crippen molar-refractivity contribution in [3.8, 4) is 0 Å². The van der Waals surface area contributed by atoms with Crippen LogP contribution >= 0.6 is 0 Å². The molecule has 0 aromatic rings. The maximum atomic E-state index is 11.1. The average molecular weight is 302 g/mol. The molecule has 0 aliphatic carbocycles. The Hall–Kier alpha value is -0.653. The van der Waals surface area contributed by atoms with E-state index in [1.807, 2.05) is 6.55 Å². The highest BCUT2D eigenvalue weighted by Gasteiger charge is 2.32. The number of hydrogen-bond acceptors (Lipinski definition) is 4. The molecule has 0 aliphatic rings. The van der Waals surface area contributed by atoms with E-state index in [0.717, 1.165) is 18.5 Å². The summed E-state index contributed by atoms with van der Waals surface area (Å²) >= 11 is 0. The van der Waals surface area contributed by atoms with Crippen molar-refractivity contribution in [2.75, 3.05) is 7.11 Å². The van der Waals surface area contributed by atoms with E-state index >= 15 is 0 Å². The van der Waals surface area contributed by atoms with Gasteiger partial charge in [0, 0.05) is 13.2 Å². The Labute approximate surface area is 124 Å². The smallest absolute Gasteiger partial charge is 0.337 e. The van der Waals surface area contributed by atoms with Crippen LogP contribution in [0.4, 0.5) is 0 Å². The summed E-state index contributed by atoms with van der Waals surface area (Å²) in [7, 11) is -0.574. The lowest BCUT2D eigenvalue weighted by Gasteiger charge is -2.28. The van der Waals surface area contributed by atoms with Crippen LogP contribution in [0.2, 0.25) is 12.6 Å². The molecule has 20 heavy (non-hydrogen) atoms. The molecule has 0 aromatic heterocycles. The van der Waals surface area contributed by atoms with E-state index in [9.17, 15) is 4.79 Å². The van der Waals surface area contributed by atoms with Gasteiger partial charge in [0.2, 0.25) is 0 Å². The van der Waals surface area contributed by atoms with Crippen molar-refractivity contribution in [3.05, 3.63) is 12.7 Å². The first-order valence-electron chi connectivity index (χ1n) is 7.53. The van der Waals surface area contributed by atoms with E-state index < -0.39 is 20.8 Å². The van der Waals surface area contributed by atoms with Crippen LogP contribution in [0.1, 0.15) is 52.4 Å². The summed E-state index contributed by atoms with van der Waals surface area (Å²) < 4.78 is 16.4. The molecule has 0 spiro atoms. The maximum Gasteiger partial charge on any atom is 0.337 e. The predicted molar refractivity (Wildman–Crippen MR) is 83.6 cm³/mol. The molecular weight excluding hydrogens is 272 g/mol. The number of unbranched alkanes of at least 4 members (excludes halogenated alkanes) is 5. The van der Waals surface area contributed by atoms with E-state index in [0.29, 0.717) is 0 Å². The molecule has 0 amide bonds. The zero-order valence-electron chi connectivity index (χ0n) is 13.4. The maximum absolute atomic E-state index is 11.1.